The minimum absolute atomic E-state index is 0.420. The van der Waals surface area contributed by atoms with Crippen LogP contribution >= 0.6 is 0 Å². The molecule has 1 atom stereocenters. The van der Waals surface area contributed by atoms with Crippen LogP contribution in [-0.4, -0.2) is 23.1 Å². The van der Waals surface area contributed by atoms with Crippen LogP contribution in [0.1, 0.15) is 80.1 Å². The third-order valence-electron chi connectivity index (χ3n) is 7.09. The number of fused-ring (bicyclic) bond motifs is 1. The van der Waals surface area contributed by atoms with E-state index in [4.69, 9.17) is 14.7 Å². The van der Waals surface area contributed by atoms with Crippen molar-refractivity contribution >= 4 is 0 Å². The molecule has 4 nitrogen and oxygen atoms in total. The smallest absolute Gasteiger partial charge is 0.220 e. The number of hydrogen-bond acceptors (Lipinski definition) is 4. The lowest BCUT2D eigenvalue weighted by atomic mass is 9.87. The number of nitrogens with zero attached hydrogens (tertiary/aromatic N) is 2. The second-order valence-electron chi connectivity index (χ2n) is 10.1. The van der Waals surface area contributed by atoms with Crippen molar-refractivity contribution in [1.29, 1.82) is 0 Å². The van der Waals surface area contributed by atoms with E-state index in [2.05, 4.69) is 82.4 Å². The number of hydrogen-bond donors (Lipinski definition) is 1. The molecule has 1 N–H and O–H groups in total. The highest BCUT2D eigenvalue weighted by molar-refractivity contribution is 5.66. The Morgan fingerprint density at radius 1 is 1.00 bits per heavy atom. The molecule has 4 heteroatoms. The van der Waals surface area contributed by atoms with Crippen molar-refractivity contribution in [3.05, 3.63) is 76.0 Å². The van der Waals surface area contributed by atoms with Gasteiger partial charge in [0.05, 0.1) is 6.61 Å². The van der Waals surface area contributed by atoms with Gasteiger partial charge in [-0.3, -0.25) is 0 Å². The molecule has 0 radical (unpaired) electrons. The fourth-order valence-corrected chi connectivity index (χ4v) is 5.20. The molecule has 0 saturated heterocycles. The quantitative estimate of drug-likeness (QED) is 0.352. The first-order valence-corrected chi connectivity index (χ1v) is 13.4. The van der Waals surface area contributed by atoms with Crippen molar-refractivity contribution in [2.24, 2.45) is 5.92 Å². The van der Waals surface area contributed by atoms with Gasteiger partial charge in [-0.25, -0.2) is 4.98 Å². The van der Waals surface area contributed by atoms with E-state index >= 15 is 0 Å². The van der Waals surface area contributed by atoms with Gasteiger partial charge in [-0.05, 0) is 73.6 Å². The predicted molar refractivity (Wildman–Crippen MR) is 145 cm³/mol. The standard InChI is InChI=1S/C31H41N3O/c1-6-23-13-10-14-24(7-2)29(23)30-33-22(5)26(31(34-30)35-20-21(3)4)18-19-32-28-17-11-15-25-12-8-9-16-27(25)28/h8-10,12-14,16,21,28,32H,6-7,11,15,17-20H2,1-5H3/t28-/m0/s1. The summed E-state index contributed by atoms with van der Waals surface area (Å²) in [6, 6.07) is 15.8. The fraction of sp³-hybridized carbons (Fsp3) is 0.484. The van der Waals surface area contributed by atoms with E-state index in [9.17, 15) is 0 Å². The molecule has 1 aromatic heterocycles. The second kappa shape index (κ2) is 11.8. The molecular formula is C31H41N3O. The molecule has 0 amide bonds. The first kappa shape index (κ1) is 25.4. The van der Waals surface area contributed by atoms with Crippen LogP contribution in [0.2, 0.25) is 0 Å². The van der Waals surface area contributed by atoms with Crippen LogP contribution in [0, 0.1) is 12.8 Å². The van der Waals surface area contributed by atoms with Crippen LogP contribution in [-0.2, 0) is 25.7 Å². The number of ether oxygens (including phenoxy) is 1. The Balaban J connectivity index is 1.60. The molecule has 1 heterocycles. The summed E-state index contributed by atoms with van der Waals surface area (Å²) in [4.78, 5) is 10.1. The van der Waals surface area contributed by atoms with Gasteiger partial charge in [0.15, 0.2) is 5.82 Å². The maximum atomic E-state index is 6.31. The number of nitrogens with one attached hydrogen (secondary N) is 1. The van der Waals surface area contributed by atoms with Crippen molar-refractivity contribution in [1.82, 2.24) is 15.3 Å². The maximum absolute atomic E-state index is 6.31. The monoisotopic (exact) mass is 471 g/mol. The van der Waals surface area contributed by atoms with Crippen LogP contribution in [0.25, 0.3) is 11.4 Å². The van der Waals surface area contributed by atoms with Crippen LogP contribution < -0.4 is 10.1 Å². The van der Waals surface area contributed by atoms with E-state index < -0.39 is 0 Å². The Bertz CT molecular complexity index is 1120. The summed E-state index contributed by atoms with van der Waals surface area (Å²) in [5.74, 6) is 1.99. The molecule has 0 spiro atoms. The lowest BCUT2D eigenvalue weighted by Crippen LogP contribution is -2.27. The van der Waals surface area contributed by atoms with E-state index in [1.807, 2.05) is 0 Å². The van der Waals surface area contributed by atoms with E-state index in [1.165, 1.54) is 47.1 Å². The Morgan fingerprint density at radius 3 is 2.46 bits per heavy atom. The largest absolute Gasteiger partial charge is 0.477 e. The van der Waals surface area contributed by atoms with E-state index in [-0.39, 0.29) is 0 Å². The van der Waals surface area contributed by atoms with Crippen LogP contribution in [0.5, 0.6) is 5.88 Å². The van der Waals surface area contributed by atoms with Gasteiger partial charge in [-0.1, -0.05) is 70.2 Å². The molecule has 0 saturated carbocycles. The number of rotatable bonds is 10. The molecule has 1 aliphatic carbocycles. The van der Waals surface area contributed by atoms with Crippen molar-refractivity contribution < 1.29 is 4.74 Å². The van der Waals surface area contributed by atoms with Crippen molar-refractivity contribution in [3.8, 4) is 17.3 Å². The summed E-state index contributed by atoms with van der Waals surface area (Å²) in [6.07, 6.45) is 6.40. The molecule has 3 aromatic rings. The summed E-state index contributed by atoms with van der Waals surface area (Å²) in [6.45, 7) is 12.4. The predicted octanol–water partition coefficient (Wildman–Crippen LogP) is 6.82. The van der Waals surface area contributed by atoms with Gasteiger partial charge >= 0.3 is 0 Å². The van der Waals surface area contributed by atoms with Gasteiger partial charge in [-0.2, -0.15) is 4.98 Å². The van der Waals surface area contributed by atoms with Crippen molar-refractivity contribution in [2.75, 3.05) is 13.2 Å². The highest BCUT2D eigenvalue weighted by atomic mass is 16.5. The Morgan fingerprint density at radius 2 is 1.74 bits per heavy atom. The zero-order valence-corrected chi connectivity index (χ0v) is 22.2. The first-order valence-electron chi connectivity index (χ1n) is 13.4. The Hall–Kier alpha value is -2.72. The van der Waals surface area contributed by atoms with Crippen LogP contribution in [0.3, 0.4) is 0 Å². The van der Waals surface area contributed by atoms with Gasteiger partial charge < -0.3 is 10.1 Å². The topological polar surface area (TPSA) is 47.0 Å². The maximum Gasteiger partial charge on any atom is 0.220 e. The highest BCUT2D eigenvalue weighted by Crippen LogP contribution is 2.32. The molecule has 1 aliphatic rings. The van der Waals surface area contributed by atoms with Crippen molar-refractivity contribution in [2.45, 2.75) is 79.2 Å². The minimum Gasteiger partial charge on any atom is -0.477 e. The molecular weight excluding hydrogens is 430 g/mol. The lowest BCUT2D eigenvalue weighted by molar-refractivity contribution is 0.258. The summed E-state index contributed by atoms with van der Waals surface area (Å²) in [5, 5.41) is 3.82. The molecule has 0 bridgehead atoms. The SMILES string of the molecule is CCc1cccc(CC)c1-c1nc(C)c(CCN[C@H]2CCCc3ccccc32)c(OCC(C)C)n1. The van der Waals surface area contributed by atoms with Crippen LogP contribution in [0.15, 0.2) is 42.5 Å². The molecule has 0 fully saturated rings. The molecule has 0 unspecified atom stereocenters. The molecule has 4 rings (SSSR count). The molecule has 2 aromatic carbocycles. The number of benzene rings is 2. The van der Waals surface area contributed by atoms with Gasteiger partial charge in [-0.15, -0.1) is 0 Å². The van der Waals surface area contributed by atoms with Gasteiger partial charge in [0.25, 0.3) is 0 Å². The third-order valence-corrected chi connectivity index (χ3v) is 7.09. The summed E-state index contributed by atoms with van der Waals surface area (Å²) in [7, 11) is 0. The average Bonchev–Trinajstić information content (AvgIpc) is 2.87. The van der Waals surface area contributed by atoms with Gasteiger partial charge in [0.2, 0.25) is 5.88 Å². The van der Waals surface area contributed by atoms with E-state index in [0.29, 0.717) is 18.6 Å². The number of aryl methyl sites for hydroxylation is 4. The third kappa shape index (κ3) is 5.92. The van der Waals surface area contributed by atoms with Gasteiger partial charge in [0, 0.05) is 29.4 Å². The average molecular weight is 472 g/mol. The molecule has 0 aliphatic heterocycles. The second-order valence-corrected chi connectivity index (χ2v) is 10.1. The van der Waals surface area contributed by atoms with Crippen molar-refractivity contribution in [3.63, 3.8) is 0 Å². The summed E-state index contributed by atoms with van der Waals surface area (Å²) in [5.41, 5.74) is 8.86. The van der Waals surface area contributed by atoms with Gasteiger partial charge in [0.1, 0.15) is 0 Å². The number of aromatic nitrogens is 2. The molecule has 186 valence electrons. The zero-order valence-electron chi connectivity index (χ0n) is 22.2. The normalized spacial score (nSPS) is 15.3. The lowest BCUT2D eigenvalue weighted by Gasteiger charge is -2.26. The van der Waals surface area contributed by atoms with E-state index in [0.717, 1.165) is 48.8 Å². The summed E-state index contributed by atoms with van der Waals surface area (Å²) < 4.78 is 6.31. The van der Waals surface area contributed by atoms with Crippen LogP contribution in [0.4, 0.5) is 0 Å². The Labute approximate surface area is 211 Å². The Kier molecular flexibility index (Phi) is 8.56. The zero-order chi connectivity index (χ0) is 24.8. The molecule has 35 heavy (non-hydrogen) atoms. The summed E-state index contributed by atoms with van der Waals surface area (Å²) >= 11 is 0. The highest BCUT2D eigenvalue weighted by Gasteiger charge is 2.21. The fourth-order valence-electron chi connectivity index (χ4n) is 5.20. The first-order chi connectivity index (χ1) is 17.0. The van der Waals surface area contributed by atoms with E-state index in [1.54, 1.807) is 0 Å². The minimum atomic E-state index is 0.420.